The summed E-state index contributed by atoms with van der Waals surface area (Å²) in [7, 11) is 0. The molecule has 0 aliphatic carbocycles. The van der Waals surface area contributed by atoms with Crippen LogP contribution in [-0.2, 0) is 16.0 Å². The summed E-state index contributed by atoms with van der Waals surface area (Å²) in [6.07, 6.45) is 0.996. The van der Waals surface area contributed by atoms with Gasteiger partial charge in [0.25, 0.3) is 5.91 Å². The van der Waals surface area contributed by atoms with Crippen molar-refractivity contribution in [1.82, 2.24) is 9.80 Å². The number of carbonyl (C=O) groups is 3. The number of hydrogen-bond acceptors (Lipinski definition) is 4. The molecule has 0 spiro atoms. The Morgan fingerprint density at radius 2 is 1.69 bits per heavy atom. The number of halogens is 1. The lowest BCUT2D eigenvalue weighted by Crippen LogP contribution is -2.38. The van der Waals surface area contributed by atoms with E-state index in [2.05, 4.69) is 0 Å². The summed E-state index contributed by atoms with van der Waals surface area (Å²) in [6.45, 7) is 3.43. The van der Waals surface area contributed by atoms with E-state index in [1.165, 1.54) is 6.92 Å². The van der Waals surface area contributed by atoms with E-state index >= 15 is 0 Å². The van der Waals surface area contributed by atoms with E-state index in [1.54, 1.807) is 46.2 Å². The summed E-state index contributed by atoms with van der Waals surface area (Å²) in [5.74, 6) is -0.198. The van der Waals surface area contributed by atoms with Gasteiger partial charge in [-0.25, -0.2) is 0 Å². The summed E-state index contributed by atoms with van der Waals surface area (Å²) in [5.41, 5.74) is 1.34. The molecular formula is C22H23ClN2O4. The lowest BCUT2D eigenvalue weighted by Gasteiger charge is -2.22. The third kappa shape index (κ3) is 5.81. The minimum absolute atomic E-state index is 0.0263. The highest BCUT2D eigenvalue weighted by atomic mass is 35.5. The first-order chi connectivity index (χ1) is 13.9. The quantitative estimate of drug-likeness (QED) is 0.569. The van der Waals surface area contributed by atoms with E-state index in [9.17, 15) is 14.4 Å². The van der Waals surface area contributed by atoms with Gasteiger partial charge in [0.2, 0.25) is 5.91 Å². The minimum Gasteiger partial charge on any atom is -0.427 e. The van der Waals surface area contributed by atoms with Crippen molar-refractivity contribution in [3.05, 3.63) is 64.7 Å². The Bertz CT molecular complexity index is 915. The molecule has 29 heavy (non-hydrogen) atoms. The lowest BCUT2D eigenvalue weighted by molar-refractivity contribution is -0.132. The maximum absolute atomic E-state index is 12.9. The third-order valence-corrected chi connectivity index (χ3v) is 4.96. The number of esters is 1. The fourth-order valence-corrected chi connectivity index (χ4v) is 3.56. The van der Waals surface area contributed by atoms with Crippen LogP contribution in [0.2, 0.25) is 5.02 Å². The van der Waals surface area contributed by atoms with E-state index in [0.717, 1.165) is 5.56 Å². The molecular weight excluding hydrogens is 392 g/mol. The SMILES string of the molecule is CC(=O)Oc1cccc(C(=O)N2CCCN(C(=O)Cc3cccc(Cl)c3)CC2)c1. The van der Waals surface area contributed by atoms with Gasteiger partial charge in [0.15, 0.2) is 0 Å². The topological polar surface area (TPSA) is 66.9 Å². The fourth-order valence-electron chi connectivity index (χ4n) is 3.34. The van der Waals surface area contributed by atoms with Crippen molar-refractivity contribution in [2.45, 2.75) is 19.8 Å². The van der Waals surface area contributed by atoms with Gasteiger partial charge in [-0.1, -0.05) is 29.8 Å². The first-order valence-electron chi connectivity index (χ1n) is 9.52. The van der Waals surface area contributed by atoms with Crippen molar-refractivity contribution in [1.29, 1.82) is 0 Å². The summed E-state index contributed by atoms with van der Waals surface area (Å²) in [6, 6.07) is 13.9. The summed E-state index contributed by atoms with van der Waals surface area (Å²) in [5, 5.41) is 0.610. The van der Waals surface area contributed by atoms with Crippen LogP contribution in [-0.4, -0.2) is 53.8 Å². The van der Waals surface area contributed by atoms with Gasteiger partial charge < -0.3 is 14.5 Å². The summed E-state index contributed by atoms with van der Waals surface area (Å²) in [4.78, 5) is 40.2. The predicted octanol–water partition coefficient (Wildman–Crippen LogP) is 3.18. The van der Waals surface area contributed by atoms with Gasteiger partial charge in [-0.05, 0) is 42.3 Å². The van der Waals surface area contributed by atoms with Crippen LogP contribution in [0.5, 0.6) is 5.75 Å². The van der Waals surface area contributed by atoms with Gasteiger partial charge in [-0.2, -0.15) is 0 Å². The molecule has 152 valence electrons. The van der Waals surface area contributed by atoms with Crippen molar-refractivity contribution in [3.63, 3.8) is 0 Å². The first-order valence-corrected chi connectivity index (χ1v) is 9.90. The zero-order chi connectivity index (χ0) is 20.8. The maximum atomic E-state index is 12.9. The molecule has 1 fully saturated rings. The van der Waals surface area contributed by atoms with Crippen LogP contribution in [0.3, 0.4) is 0 Å². The highest BCUT2D eigenvalue weighted by molar-refractivity contribution is 6.30. The Balaban J connectivity index is 1.61. The number of ether oxygens (including phenoxy) is 1. The van der Waals surface area contributed by atoms with Crippen molar-refractivity contribution in [2.75, 3.05) is 26.2 Å². The fraction of sp³-hybridized carbons (Fsp3) is 0.318. The number of rotatable bonds is 4. The van der Waals surface area contributed by atoms with Crippen LogP contribution in [0.25, 0.3) is 0 Å². The van der Waals surface area contributed by atoms with Crippen LogP contribution in [0.15, 0.2) is 48.5 Å². The van der Waals surface area contributed by atoms with Gasteiger partial charge in [0.1, 0.15) is 5.75 Å². The monoisotopic (exact) mass is 414 g/mol. The highest BCUT2D eigenvalue weighted by Crippen LogP contribution is 2.17. The maximum Gasteiger partial charge on any atom is 0.308 e. The third-order valence-electron chi connectivity index (χ3n) is 4.72. The Hall–Kier alpha value is -2.86. The number of benzene rings is 2. The van der Waals surface area contributed by atoms with Gasteiger partial charge >= 0.3 is 5.97 Å². The van der Waals surface area contributed by atoms with E-state index in [1.807, 2.05) is 12.1 Å². The molecule has 0 unspecified atom stereocenters. The largest absolute Gasteiger partial charge is 0.427 e. The van der Waals surface area contributed by atoms with Crippen molar-refractivity contribution >= 4 is 29.4 Å². The van der Waals surface area contributed by atoms with Crippen LogP contribution in [0.4, 0.5) is 0 Å². The van der Waals surface area contributed by atoms with E-state index in [4.69, 9.17) is 16.3 Å². The molecule has 2 aromatic carbocycles. The second-order valence-electron chi connectivity index (χ2n) is 6.95. The molecule has 0 N–H and O–H groups in total. The van der Waals surface area contributed by atoms with Gasteiger partial charge in [0.05, 0.1) is 6.42 Å². The van der Waals surface area contributed by atoms with Crippen LogP contribution < -0.4 is 4.74 Å². The van der Waals surface area contributed by atoms with E-state index in [-0.39, 0.29) is 11.8 Å². The molecule has 0 aromatic heterocycles. The van der Waals surface area contributed by atoms with Gasteiger partial charge in [-0.3, -0.25) is 14.4 Å². The Kier molecular flexibility index (Phi) is 6.88. The molecule has 0 radical (unpaired) electrons. The Labute approximate surface area is 175 Å². The summed E-state index contributed by atoms with van der Waals surface area (Å²) >= 11 is 5.99. The van der Waals surface area contributed by atoms with Crippen molar-refractivity contribution in [3.8, 4) is 5.75 Å². The molecule has 2 amide bonds. The van der Waals surface area contributed by atoms with Crippen LogP contribution in [0, 0.1) is 0 Å². The smallest absolute Gasteiger partial charge is 0.308 e. The average Bonchev–Trinajstić information content (AvgIpc) is 2.93. The normalized spacial score (nSPS) is 14.3. The number of nitrogens with zero attached hydrogens (tertiary/aromatic N) is 2. The Morgan fingerprint density at radius 1 is 0.966 bits per heavy atom. The molecule has 2 aromatic rings. The predicted molar refractivity (Wildman–Crippen MR) is 110 cm³/mol. The van der Waals surface area contributed by atoms with E-state index < -0.39 is 5.97 Å². The molecule has 1 aliphatic rings. The van der Waals surface area contributed by atoms with E-state index in [0.29, 0.717) is 55.4 Å². The molecule has 0 bridgehead atoms. The molecule has 0 atom stereocenters. The molecule has 7 heteroatoms. The van der Waals surface area contributed by atoms with Crippen LogP contribution in [0.1, 0.15) is 29.3 Å². The lowest BCUT2D eigenvalue weighted by atomic mass is 10.1. The Morgan fingerprint density at radius 3 is 2.45 bits per heavy atom. The molecule has 3 rings (SSSR count). The average molecular weight is 415 g/mol. The highest BCUT2D eigenvalue weighted by Gasteiger charge is 2.23. The molecule has 0 saturated carbocycles. The second kappa shape index (κ2) is 9.56. The second-order valence-corrected chi connectivity index (χ2v) is 7.39. The summed E-state index contributed by atoms with van der Waals surface area (Å²) < 4.78 is 5.06. The molecule has 1 heterocycles. The molecule has 1 aliphatic heterocycles. The minimum atomic E-state index is -0.432. The van der Waals surface area contributed by atoms with Crippen molar-refractivity contribution in [2.24, 2.45) is 0 Å². The van der Waals surface area contributed by atoms with Gasteiger partial charge in [-0.15, -0.1) is 0 Å². The van der Waals surface area contributed by atoms with Crippen molar-refractivity contribution < 1.29 is 19.1 Å². The standard InChI is InChI=1S/C22H23ClN2O4/c1-16(26)29-20-8-3-6-18(15-20)22(28)25-10-4-9-24(11-12-25)21(27)14-17-5-2-7-19(23)13-17/h2-3,5-8,13,15H,4,9-12,14H2,1H3. The molecule has 6 nitrogen and oxygen atoms in total. The molecule has 1 saturated heterocycles. The first kappa shape index (κ1) is 20.9. The zero-order valence-electron chi connectivity index (χ0n) is 16.3. The number of carbonyl (C=O) groups excluding carboxylic acids is 3. The number of amides is 2. The van der Waals surface area contributed by atoms with Gasteiger partial charge in [0, 0.05) is 43.7 Å². The van der Waals surface area contributed by atoms with Crippen LogP contribution >= 0.6 is 11.6 Å². The zero-order valence-corrected chi connectivity index (χ0v) is 17.0. The number of hydrogen-bond donors (Lipinski definition) is 0.